The van der Waals surface area contributed by atoms with Gasteiger partial charge in [-0.3, -0.25) is 15.0 Å². The van der Waals surface area contributed by atoms with E-state index in [1.165, 1.54) is 24.1 Å². The highest BCUT2D eigenvalue weighted by atomic mass is 16.6. The van der Waals surface area contributed by atoms with E-state index < -0.39 is 0 Å². The van der Waals surface area contributed by atoms with E-state index in [-0.39, 0.29) is 10.6 Å². The van der Waals surface area contributed by atoms with Crippen molar-refractivity contribution >= 4 is 11.4 Å². The maximum absolute atomic E-state index is 11.2. The van der Waals surface area contributed by atoms with Gasteiger partial charge in [0.25, 0.3) is 0 Å². The molecule has 0 radical (unpaired) electrons. The van der Waals surface area contributed by atoms with Crippen molar-refractivity contribution in [2.75, 3.05) is 25.0 Å². The molecule has 1 saturated heterocycles. The Balaban J connectivity index is 1.75. The molecule has 1 aliphatic rings. The van der Waals surface area contributed by atoms with Crippen LogP contribution >= 0.6 is 0 Å². The van der Waals surface area contributed by atoms with Crippen LogP contribution in [0.25, 0.3) is 0 Å². The molecule has 0 atom stereocenters. The molecule has 0 aliphatic carbocycles. The van der Waals surface area contributed by atoms with Crippen molar-refractivity contribution in [1.82, 2.24) is 14.7 Å². The summed E-state index contributed by atoms with van der Waals surface area (Å²) in [5.41, 5.74) is 3.76. The Hall–Kier alpha value is -2.41. The van der Waals surface area contributed by atoms with Gasteiger partial charge < -0.3 is 4.90 Å². The minimum atomic E-state index is -0.350. The molecule has 0 unspecified atom stereocenters. The fourth-order valence-corrected chi connectivity index (χ4v) is 3.57. The Morgan fingerprint density at radius 2 is 1.92 bits per heavy atom. The van der Waals surface area contributed by atoms with Gasteiger partial charge in [-0.2, -0.15) is 5.10 Å². The summed E-state index contributed by atoms with van der Waals surface area (Å²) in [5.74, 6) is 0. The normalized spacial score (nSPS) is 14.5. The lowest BCUT2D eigenvalue weighted by atomic mass is 10.1. The maximum Gasteiger partial charge on any atom is 0.312 e. The van der Waals surface area contributed by atoms with Gasteiger partial charge in [0.15, 0.2) is 0 Å². The Kier molecular flexibility index (Phi) is 5.03. The van der Waals surface area contributed by atoms with Crippen LogP contribution in [-0.2, 0) is 13.2 Å². The first-order valence-corrected chi connectivity index (χ1v) is 8.67. The van der Waals surface area contributed by atoms with Crippen molar-refractivity contribution in [3.8, 4) is 0 Å². The highest BCUT2D eigenvalue weighted by Gasteiger charge is 2.22. The van der Waals surface area contributed by atoms with Crippen LogP contribution in [0.3, 0.4) is 0 Å². The standard InChI is InChI=1S/C18H25N5O2/c1-14-18(23(24)25)15(2)22(19-14)13-20(3)12-16-8-4-5-9-17(16)21-10-6-7-11-21/h4-5,8-9H,6-7,10-13H2,1-3H3. The second-order valence-electron chi connectivity index (χ2n) is 6.75. The van der Waals surface area contributed by atoms with Crippen LogP contribution in [0.15, 0.2) is 24.3 Å². The first kappa shape index (κ1) is 17.4. The van der Waals surface area contributed by atoms with Gasteiger partial charge in [-0.15, -0.1) is 0 Å². The molecule has 1 aromatic carbocycles. The monoisotopic (exact) mass is 343 g/mol. The van der Waals surface area contributed by atoms with Crippen LogP contribution in [0.5, 0.6) is 0 Å². The number of para-hydroxylation sites is 1. The number of anilines is 1. The number of nitrogens with zero attached hydrogens (tertiary/aromatic N) is 5. The summed E-state index contributed by atoms with van der Waals surface area (Å²) in [6.07, 6.45) is 2.50. The zero-order chi connectivity index (χ0) is 18.0. The second kappa shape index (κ2) is 7.23. The molecule has 0 N–H and O–H groups in total. The number of nitro groups is 1. The predicted octanol–water partition coefficient (Wildman–Crippen LogP) is 3.10. The molecule has 7 nitrogen and oxygen atoms in total. The molecule has 134 valence electrons. The summed E-state index contributed by atoms with van der Waals surface area (Å²) in [4.78, 5) is 15.4. The molecule has 0 bridgehead atoms. The SMILES string of the molecule is Cc1nn(CN(C)Cc2ccccc2N2CCCC2)c(C)c1[N+](=O)[O-]. The first-order chi connectivity index (χ1) is 12.0. The molecule has 3 rings (SSSR count). The third kappa shape index (κ3) is 3.66. The molecule has 1 aliphatic heterocycles. The smallest absolute Gasteiger partial charge is 0.312 e. The van der Waals surface area contributed by atoms with Gasteiger partial charge in [-0.1, -0.05) is 18.2 Å². The van der Waals surface area contributed by atoms with Crippen molar-refractivity contribution in [2.24, 2.45) is 0 Å². The quantitative estimate of drug-likeness (QED) is 0.595. The van der Waals surface area contributed by atoms with E-state index in [4.69, 9.17) is 0 Å². The van der Waals surface area contributed by atoms with Crippen molar-refractivity contribution in [3.63, 3.8) is 0 Å². The van der Waals surface area contributed by atoms with Gasteiger partial charge in [0.2, 0.25) is 0 Å². The van der Waals surface area contributed by atoms with Gasteiger partial charge in [0.1, 0.15) is 11.4 Å². The molecule has 0 amide bonds. The minimum Gasteiger partial charge on any atom is -0.371 e. The average molecular weight is 343 g/mol. The van der Waals surface area contributed by atoms with Crippen molar-refractivity contribution in [1.29, 1.82) is 0 Å². The molecule has 25 heavy (non-hydrogen) atoms. The van der Waals surface area contributed by atoms with Crippen molar-refractivity contribution in [2.45, 2.75) is 39.9 Å². The molecule has 1 aromatic heterocycles. The number of aromatic nitrogens is 2. The highest BCUT2D eigenvalue weighted by molar-refractivity contribution is 5.54. The van der Waals surface area contributed by atoms with Gasteiger partial charge in [-0.05, 0) is 45.4 Å². The van der Waals surface area contributed by atoms with Gasteiger partial charge in [-0.25, -0.2) is 4.68 Å². The Bertz CT molecular complexity index is 765. The molecule has 1 fully saturated rings. The Morgan fingerprint density at radius 3 is 2.56 bits per heavy atom. The lowest BCUT2D eigenvalue weighted by molar-refractivity contribution is -0.386. The number of rotatable bonds is 6. The van der Waals surface area contributed by atoms with Gasteiger partial charge >= 0.3 is 5.69 Å². The number of hydrogen-bond donors (Lipinski definition) is 0. The Labute approximate surface area is 148 Å². The summed E-state index contributed by atoms with van der Waals surface area (Å²) >= 11 is 0. The van der Waals surface area contributed by atoms with E-state index in [1.807, 2.05) is 7.05 Å². The molecule has 2 aromatic rings. The van der Waals surface area contributed by atoms with Crippen LogP contribution in [0.2, 0.25) is 0 Å². The summed E-state index contributed by atoms with van der Waals surface area (Å²) in [7, 11) is 2.02. The minimum absolute atomic E-state index is 0.117. The van der Waals surface area contributed by atoms with Crippen molar-refractivity contribution in [3.05, 3.63) is 51.3 Å². The predicted molar refractivity (Wildman–Crippen MR) is 97.7 cm³/mol. The fourth-order valence-electron chi connectivity index (χ4n) is 3.57. The summed E-state index contributed by atoms with van der Waals surface area (Å²) in [6.45, 7) is 6.97. The van der Waals surface area contributed by atoms with Crippen LogP contribution < -0.4 is 4.90 Å². The zero-order valence-electron chi connectivity index (χ0n) is 15.1. The number of hydrogen-bond acceptors (Lipinski definition) is 5. The average Bonchev–Trinajstić information content (AvgIpc) is 3.17. The van der Waals surface area contributed by atoms with E-state index in [0.717, 1.165) is 19.6 Å². The van der Waals surface area contributed by atoms with E-state index in [2.05, 4.69) is 39.2 Å². The van der Waals surface area contributed by atoms with E-state index in [1.54, 1.807) is 18.5 Å². The lowest BCUT2D eigenvalue weighted by Crippen LogP contribution is -2.25. The van der Waals surface area contributed by atoms with Gasteiger partial charge in [0.05, 0.1) is 11.6 Å². The number of benzene rings is 1. The highest BCUT2D eigenvalue weighted by Crippen LogP contribution is 2.26. The van der Waals surface area contributed by atoms with Crippen LogP contribution in [0.4, 0.5) is 11.4 Å². The third-order valence-electron chi connectivity index (χ3n) is 4.78. The van der Waals surface area contributed by atoms with Crippen LogP contribution in [0.1, 0.15) is 29.8 Å². The Morgan fingerprint density at radius 1 is 1.24 bits per heavy atom. The molecule has 7 heteroatoms. The van der Waals surface area contributed by atoms with Crippen molar-refractivity contribution < 1.29 is 4.92 Å². The zero-order valence-corrected chi connectivity index (χ0v) is 15.1. The second-order valence-corrected chi connectivity index (χ2v) is 6.75. The van der Waals surface area contributed by atoms with Crippen LogP contribution in [-0.4, -0.2) is 39.7 Å². The fraction of sp³-hybridized carbons (Fsp3) is 0.500. The van der Waals surface area contributed by atoms with E-state index in [9.17, 15) is 10.1 Å². The molecular formula is C18H25N5O2. The first-order valence-electron chi connectivity index (χ1n) is 8.67. The van der Waals surface area contributed by atoms with E-state index >= 15 is 0 Å². The molecule has 2 heterocycles. The van der Waals surface area contributed by atoms with Crippen LogP contribution in [0, 0.1) is 24.0 Å². The molecule has 0 spiro atoms. The third-order valence-corrected chi connectivity index (χ3v) is 4.78. The lowest BCUT2D eigenvalue weighted by Gasteiger charge is -2.24. The summed E-state index contributed by atoms with van der Waals surface area (Å²) < 4.78 is 1.71. The molecule has 0 saturated carbocycles. The topological polar surface area (TPSA) is 67.4 Å². The van der Waals surface area contributed by atoms with E-state index in [0.29, 0.717) is 18.1 Å². The largest absolute Gasteiger partial charge is 0.371 e. The molecular weight excluding hydrogens is 318 g/mol. The number of aryl methyl sites for hydroxylation is 1. The summed E-state index contributed by atoms with van der Waals surface area (Å²) in [6, 6.07) is 8.49. The van der Waals surface area contributed by atoms with Gasteiger partial charge in [0, 0.05) is 25.3 Å². The summed E-state index contributed by atoms with van der Waals surface area (Å²) in [5, 5.41) is 15.5. The maximum atomic E-state index is 11.2.